The van der Waals surface area contributed by atoms with Gasteiger partial charge < -0.3 is 0 Å². The average molecular weight is 215 g/mol. The van der Waals surface area contributed by atoms with Crippen molar-refractivity contribution < 1.29 is 13.2 Å². The number of hydrogen-bond donors (Lipinski definition) is 1. The maximum atomic E-state index is 10.8. The number of rotatable bonds is 1. The van der Waals surface area contributed by atoms with Gasteiger partial charge in [0.25, 0.3) is 0 Å². The van der Waals surface area contributed by atoms with E-state index in [0.717, 1.165) is 0 Å². The summed E-state index contributed by atoms with van der Waals surface area (Å²) in [6.07, 6.45) is 1.19. The lowest BCUT2D eigenvalue weighted by Crippen LogP contribution is -2.10. The van der Waals surface area contributed by atoms with Crippen LogP contribution >= 0.6 is 0 Å². The van der Waals surface area contributed by atoms with Gasteiger partial charge in [0.15, 0.2) is 0 Å². The average Bonchev–Trinajstić information content (AvgIpc) is 2.01. The highest BCUT2D eigenvalue weighted by Gasteiger charge is 2.02. The molecule has 0 aliphatic carbocycles. The van der Waals surface area contributed by atoms with Crippen molar-refractivity contribution in [3.63, 3.8) is 0 Å². The van der Waals surface area contributed by atoms with E-state index >= 15 is 0 Å². The zero-order chi connectivity index (χ0) is 10.6. The van der Waals surface area contributed by atoms with Gasteiger partial charge in [-0.3, -0.25) is 5.32 Å². The van der Waals surface area contributed by atoms with E-state index in [-0.39, 0.29) is 5.95 Å². The smallest absolute Gasteiger partial charge is 0.273 e. The maximum absolute atomic E-state index is 10.8. The van der Waals surface area contributed by atoms with Gasteiger partial charge in [-0.1, -0.05) is 4.36 Å². The van der Waals surface area contributed by atoms with E-state index in [2.05, 4.69) is 24.6 Å². The van der Waals surface area contributed by atoms with Crippen LogP contribution in [0, 0.1) is 6.92 Å². The molecule has 0 saturated carbocycles. The number of nitrogens with one attached hydrogen (secondary N) is 1. The molecule has 74 valence electrons. The van der Waals surface area contributed by atoms with Crippen LogP contribution in [-0.2, 0) is 10.5 Å². The van der Waals surface area contributed by atoms with Crippen molar-refractivity contribution in [1.29, 1.82) is 0 Å². The van der Waals surface area contributed by atoms with Gasteiger partial charge in [0.1, 0.15) is 12.2 Å². The predicted molar refractivity (Wildman–Crippen MR) is 44.9 cm³/mol. The molecule has 0 bridgehead atoms. The third-order valence-corrected chi connectivity index (χ3v) is 1.38. The molecule has 0 aliphatic rings. The Bertz CT molecular complexity index is 474. The summed E-state index contributed by atoms with van der Waals surface area (Å²) in [7, 11) is -2.78. The van der Waals surface area contributed by atoms with Crippen LogP contribution in [0.2, 0.25) is 0 Å². The van der Waals surface area contributed by atoms with E-state index in [1.807, 2.05) is 0 Å². The highest BCUT2D eigenvalue weighted by atomic mass is 32.2. The molecule has 1 aromatic rings. The summed E-state index contributed by atoms with van der Waals surface area (Å²) in [6, 6.07) is -1.05. The Morgan fingerprint density at radius 2 is 2.21 bits per heavy atom. The van der Waals surface area contributed by atoms with Crippen LogP contribution < -0.4 is 5.32 Å². The van der Waals surface area contributed by atoms with Crippen LogP contribution in [0.15, 0.2) is 10.7 Å². The summed E-state index contributed by atoms with van der Waals surface area (Å²) in [5.41, 5.74) is 0. The van der Waals surface area contributed by atoms with Crippen LogP contribution in [0.1, 0.15) is 5.82 Å². The normalized spacial score (nSPS) is 9.21. The number of anilines is 1. The van der Waals surface area contributed by atoms with Crippen LogP contribution in [0.25, 0.3) is 0 Å². The monoisotopic (exact) mass is 215 g/mol. The predicted octanol–water partition coefficient (Wildman–Crippen LogP) is -0.225. The molecule has 0 spiro atoms. The summed E-state index contributed by atoms with van der Waals surface area (Å²) in [6.45, 7) is 1.60. The number of hydrogen-bond acceptors (Lipinski definition) is 6. The number of nitrogens with zero attached hydrogens (tertiary/aromatic N) is 4. The van der Waals surface area contributed by atoms with Gasteiger partial charge in [-0.25, -0.2) is 14.8 Å². The Hall–Kier alpha value is -1.90. The van der Waals surface area contributed by atoms with Crippen LogP contribution in [-0.4, -0.2) is 29.4 Å². The van der Waals surface area contributed by atoms with Crippen molar-refractivity contribution in [2.24, 2.45) is 4.36 Å². The van der Waals surface area contributed by atoms with Gasteiger partial charge >= 0.3 is 16.5 Å². The fourth-order valence-electron chi connectivity index (χ4n) is 0.624. The standard InChI is InChI=1S/C5H5N5O3S/c1-3-6-2-7-4(8-3)9-5(11)10-14(12)13/h2H,1H3,(H,6,7,8,9,11). The summed E-state index contributed by atoms with van der Waals surface area (Å²) in [5.74, 6) is 0.357. The zero-order valence-electron chi connectivity index (χ0n) is 7.00. The summed E-state index contributed by atoms with van der Waals surface area (Å²) < 4.78 is 22.6. The molecule has 1 heterocycles. The second kappa shape index (κ2) is 4.37. The molecule has 1 N–H and O–H groups in total. The molecular weight excluding hydrogens is 210 g/mol. The first kappa shape index (κ1) is 10.2. The molecule has 0 unspecified atom stereocenters. The third-order valence-electron chi connectivity index (χ3n) is 1.07. The minimum atomic E-state index is -2.78. The molecule has 8 nitrogen and oxygen atoms in total. The largest absolute Gasteiger partial charge is 0.362 e. The topological polar surface area (TPSA) is 114 Å². The fraction of sp³-hybridized carbons (Fsp3) is 0.200. The molecular formula is C5H5N5O3S. The van der Waals surface area contributed by atoms with Crippen LogP contribution in [0.3, 0.4) is 0 Å². The number of amides is 2. The maximum Gasteiger partial charge on any atom is 0.362 e. The highest BCUT2D eigenvalue weighted by molar-refractivity contribution is 7.62. The molecule has 1 aromatic heterocycles. The van der Waals surface area contributed by atoms with E-state index in [0.29, 0.717) is 5.82 Å². The van der Waals surface area contributed by atoms with E-state index in [4.69, 9.17) is 0 Å². The SMILES string of the molecule is Cc1ncnc(NC(=O)N=S(=O)=O)n1. The van der Waals surface area contributed by atoms with Gasteiger partial charge in [0.2, 0.25) is 5.95 Å². The summed E-state index contributed by atoms with van der Waals surface area (Å²) in [4.78, 5) is 21.7. The second-order valence-electron chi connectivity index (χ2n) is 2.09. The number of carbonyl (C=O) groups is 1. The summed E-state index contributed by atoms with van der Waals surface area (Å²) in [5, 5.41) is 2.05. The Morgan fingerprint density at radius 1 is 1.50 bits per heavy atom. The Balaban J connectivity index is 2.80. The van der Waals surface area contributed by atoms with E-state index in [1.54, 1.807) is 6.92 Å². The second-order valence-corrected chi connectivity index (χ2v) is 2.71. The highest BCUT2D eigenvalue weighted by Crippen LogP contribution is 1.96. The van der Waals surface area contributed by atoms with Gasteiger partial charge in [0.05, 0.1) is 0 Å². The number of aryl methyl sites for hydroxylation is 1. The van der Waals surface area contributed by atoms with Gasteiger partial charge in [-0.05, 0) is 6.92 Å². The zero-order valence-corrected chi connectivity index (χ0v) is 7.82. The molecule has 2 amide bonds. The van der Waals surface area contributed by atoms with E-state index in [1.165, 1.54) is 6.33 Å². The summed E-state index contributed by atoms with van der Waals surface area (Å²) >= 11 is 0. The lowest BCUT2D eigenvalue weighted by molar-refractivity contribution is 0.259. The first-order valence-electron chi connectivity index (χ1n) is 3.35. The Labute approximate surface area is 80.1 Å². The molecule has 0 saturated heterocycles. The van der Waals surface area contributed by atoms with Crippen molar-refractivity contribution in [1.82, 2.24) is 15.0 Å². The number of carbonyl (C=O) groups excluding carboxylic acids is 1. The van der Waals surface area contributed by atoms with E-state index in [9.17, 15) is 13.2 Å². The van der Waals surface area contributed by atoms with Gasteiger partial charge in [-0.15, -0.1) is 0 Å². The first-order valence-corrected chi connectivity index (χ1v) is 4.39. The third kappa shape index (κ3) is 3.23. The van der Waals surface area contributed by atoms with Crippen molar-refractivity contribution in [3.05, 3.63) is 12.2 Å². The fourth-order valence-corrected chi connectivity index (χ4v) is 0.806. The lowest BCUT2D eigenvalue weighted by atomic mass is 10.7. The molecule has 0 radical (unpaired) electrons. The lowest BCUT2D eigenvalue weighted by Gasteiger charge is -1.97. The molecule has 0 atom stereocenters. The van der Waals surface area contributed by atoms with Crippen LogP contribution in [0.4, 0.5) is 10.7 Å². The van der Waals surface area contributed by atoms with Gasteiger partial charge in [-0.2, -0.15) is 13.4 Å². The van der Waals surface area contributed by atoms with Crippen molar-refractivity contribution >= 4 is 22.5 Å². The molecule has 0 fully saturated rings. The minimum Gasteiger partial charge on any atom is -0.273 e. The Kier molecular flexibility index (Phi) is 3.18. The van der Waals surface area contributed by atoms with Crippen molar-refractivity contribution in [3.8, 4) is 0 Å². The molecule has 0 aliphatic heterocycles. The molecule has 0 aromatic carbocycles. The molecule has 1 rings (SSSR count). The number of aromatic nitrogens is 3. The van der Waals surface area contributed by atoms with Crippen molar-refractivity contribution in [2.75, 3.05) is 5.32 Å². The minimum absolute atomic E-state index is 0.0447. The van der Waals surface area contributed by atoms with Crippen molar-refractivity contribution in [2.45, 2.75) is 6.92 Å². The Morgan fingerprint density at radius 3 is 2.79 bits per heavy atom. The van der Waals surface area contributed by atoms with Crippen LogP contribution in [0.5, 0.6) is 0 Å². The molecule has 9 heteroatoms. The van der Waals surface area contributed by atoms with Gasteiger partial charge in [0, 0.05) is 0 Å². The van der Waals surface area contributed by atoms with E-state index < -0.39 is 16.5 Å². The molecule has 14 heavy (non-hydrogen) atoms. The quantitative estimate of drug-likeness (QED) is 0.692. The number of urea groups is 1. The first-order chi connectivity index (χ1) is 6.58.